The van der Waals surface area contributed by atoms with Crippen molar-refractivity contribution in [2.75, 3.05) is 11.9 Å². The van der Waals surface area contributed by atoms with E-state index in [9.17, 15) is 14.9 Å². The van der Waals surface area contributed by atoms with Crippen LogP contribution in [-0.4, -0.2) is 28.4 Å². The van der Waals surface area contributed by atoms with E-state index in [0.717, 1.165) is 31.5 Å². The van der Waals surface area contributed by atoms with Crippen molar-refractivity contribution >= 4 is 17.4 Å². The summed E-state index contributed by atoms with van der Waals surface area (Å²) in [6.07, 6.45) is 4.12. The number of nitrogens with one attached hydrogen (secondary N) is 1. The number of nitro groups is 1. The zero-order chi connectivity index (χ0) is 14.7. The Labute approximate surface area is 115 Å². The molecule has 1 heterocycles. The molecule has 0 aromatic carbocycles. The van der Waals surface area contributed by atoms with E-state index in [1.54, 1.807) is 0 Å². The molecular formula is C12H17N5O3. The summed E-state index contributed by atoms with van der Waals surface area (Å²) in [6, 6.07) is 1.26. The molecule has 1 aromatic rings. The van der Waals surface area contributed by atoms with E-state index in [1.165, 1.54) is 0 Å². The van der Waals surface area contributed by atoms with Gasteiger partial charge in [-0.1, -0.05) is 6.42 Å². The molecule has 0 aliphatic heterocycles. The molecule has 0 radical (unpaired) electrons. The van der Waals surface area contributed by atoms with Crippen LogP contribution >= 0.6 is 0 Å². The van der Waals surface area contributed by atoms with Crippen LogP contribution in [-0.2, 0) is 0 Å². The molecule has 1 aliphatic carbocycles. The maximum Gasteiger partial charge on any atom is 0.288 e. The van der Waals surface area contributed by atoms with Gasteiger partial charge in [-0.05, 0) is 25.3 Å². The maximum absolute atomic E-state index is 11.4. The number of hydrogen-bond donors (Lipinski definition) is 3. The zero-order valence-electron chi connectivity index (χ0n) is 10.9. The van der Waals surface area contributed by atoms with Gasteiger partial charge in [-0.15, -0.1) is 0 Å². The van der Waals surface area contributed by atoms with Gasteiger partial charge in [0.15, 0.2) is 0 Å². The van der Waals surface area contributed by atoms with Crippen LogP contribution in [0.5, 0.6) is 0 Å². The van der Waals surface area contributed by atoms with E-state index in [4.69, 9.17) is 11.5 Å². The Morgan fingerprint density at radius 3 is 2.90 bits per heavy atom. The van der Waals surface area contributed by atoms with Gasteiger partial charge in [0.2, 0.25) is 0 Å². The SMILES string of the molecule is NCC1CCCC1Nc1ncc([N+](=O)[O-])cc1C(N)=O. The van der Waals surface area contributed by atoms with Crippen molar-refractivity contribution in [1.82, 2.24) is 4.98 Å². The van der Waals surface area contributed by atoms with Crippen LogP contribution in [0, 0.1) is 16.0 Å². The summed E-state index contributed by atoms with van der Waals surface area (Å²) < 4.78 is 0. The zero-order valence-corrected chi connectivity index (χ0v) is 10.9. The lowest BCUT2D eigenvalue weighted by atomic mass is 10.0. The van der Waals surface area contributed by atoms with Crippen LogP contribution in [0.3, 0.4) is 0 Å². The normalized spacial score (nSPS) is 21.6. The maximum atomic E-state index is 11.4. The minimum atomic E-state index is -0.744. The first-order valence-corrected chi connectivity index (χ1v) is 6.43. The van der Waals surface area contributed by atoms with Crippen LogP contribution in [0.4, 0.5) is 11.5 Å². The van der Waals surface area contributed by atoms with Crippen molar-refractivity contribution in [1.29, 1.82) is 0 Å². The predicted octanol–water partition coefficient (Wildman–Crippen LogP) is 0.628. The van der Waals surface area contributed by atoms with Crippen LogP contribution in [0.2, 0.25) is 0 Å². The van der Waals surface area contributed by atoms with Gasteiger partial charge in [-0.3, -0.25) is 14.9 Å². The number of carbonyl (C=O) groups excluding carboxylic acids is 1. The summed E-state index contributed by atoms with van der Waals surface area (Å²) >= 11 is 0. The average Bonchev–Trinajstić information content (AvgIpc) is 2.85. The molecule has 8 nitrogen and oxygen atoms in total. The topological polar surface area (TPSA) is 137 Å². The lowest BCUT2D eigenvalue weighted by Crippen LogP contribution is -2.31. The molecular weight excluding hydrogens is 262 g/mol. The number of rotatable bonds is 5. The highest BCUT2D eigenvalue weighted by Crippen LogP contribution is 2.29. The lowest BCUT2D eigenvalue weighted by Gasteiger charge is -2.21. The Kier molecular flexibility index (Phi) is 4.14. The second-order valence-corrected chi connectivity index (χ2v) is 4.89. The fourth-order valence-corrected chi connectivity index (χ4v) is 2.54. The van der Waals surface area contributed by atoms with E-state index in [0.29, 0.717) is 12.5 Å². The molecule has 1 amide bonds. The van der Waals surface area contributed by atoms with E-state index < -0.39 is 10.8 Å². The van der Waals surface area contributed by atoms with Gasteiger partial charge in [0.25, 0.3) is 11.6 Å². The van der Waals surface area contributed by atoms with Gasteiger partial charge in [0.1, 0.15) is 12.0 Å². The van der Waals surface area contributed by atoms with E-state index >= 15 is 0 Å². The molecule has 1 aromatic heterocycles. The number of hydrogen-bond acceptors (Lipinski definition) is 6. The third-order valence-electron chi connectivity index (χ3n) is 3.63. The van der Waals surface area contributed by atoms with Crippen LogP contribution in [0.1, 0.15) is 29.6 Å². The minimum absolute atomic E-state index is 0.0295. The number of pyridine rings is 1. The smallest absolute Gasteiger partial charge is 0.288 e. The summed E-state index contributed by atoms with van der Waals surface area (Å²) in [5.74, 6) is -0.146. The highest BCUT2D eigenvalue weighted by Gasteiger charge is 2.27. The number of anilines is 1. The van der Waals surface area contributed by atoms with Crippen LogP contribution in [0.15, 0.2) is 12.3 Å². The van der Waals surface area contributed by atoms with Crippen molar-refractivity contribution in [3.8, 4) is 0 Å². The lowest BCUT2D eigenvalue weighted by molar-refractivity contribution is -0.385. The molecule has 2 rings (SSSR count). The molecule has 8 heteroatoms. The molecule has 0 bridgehead atoms. The number of carbonyl (C=O) groups is 1. The Morgan fingerprint density at radius 1 is 1.55 bits per heavy atom. The number of primary amides is 1. The van der Waals surface area contributed by atoms with Gasteiger partial charge >= 0.3 is 0 Å². The van der Waals surface area contributed by atoms with Gasteiger partial charge in [0, 0.05) is 12.1 Å². The highest BCUT2D eigenvalue weighted by molar-refractivity contribution is 5.98. The van der Waals surface area contributed by atoms with E-state index in [1.807, 2.05) is 0 Å². The molecule has 0 spiro atoms. The second-order valence-electron chi connectivity index (χ2n) is 4.89. The Bertz CT molecular complexity index is 534. The van der Waals surface area contributed by atoms with Crippen molar-refractivity contribution < 1.29 is 9.72 Å². The summed E-state index contributed by atoms with van der Waals surface area (Å²) in [4.78, 5) is 25.5. The van der Waals surface area contributed by atoms with Crippen LogP contribution in [0.25, 0.3) is 0 Å². The summed E-state index contributed by atoms with van der Waals surface area (Å²) in [7, 11) is 0. The highest BCUT2D eigenvalue weighted by atomic mass is 16.6. The summed E-state index contributed by atoms with van der Waals surface area (Å²) in [5, 5.41) is 13.8. The molecule has 2 atom stereocenters. The first-order valence-electron chi connectivity index (χ1n) is 6.43. The largest absolute Gasteiger partial charge is 0.366 e. The Morgan fingerprint density at radius 2 is 2.30 bits per heavy atom. The first-order chi connectivity index (χ1) is 9.52. The first kappa shape index (κ1) is 14.2. The van der Waals surface area contributed by atoms with Gasteiger partial charge in [-0.25, -0.2) is 4.98 Å². The molecule has 5 N–H and O–H groups in total. The van der Waals surface area contributed by atoms with Gasteiger partial charge < -0.3 is 16.8 Å². The monoisotopic (exact) mass is 279 g/mol. The van der Waals surface area contributed by atoms with Crippen molar-refractivity contribution in [3.05, 3.63) is 27.9 Å². The number of amides is 1. The van der Waals surface area contributed by atoms with E-state index in [-0.39, 0.29) is 23.1 Å². The number of nitrogens with zero attached hydrogens (tertiary/aromatic N) is 2. The summed E-state index contributed by atoms with van der Waals surface area (Å²) in [5.41, 5.74) is 10.7. The molecule has 1 saturated carbocycles. The Balaban J connectivity index is 2.27. The van der Waals surface area contributed by atoms with E-state index in [2.05, 4.69) is 10.3 Å². The molecule has 108 valence electrons. The second kappa shape index (κ2) is 5.83. The molecule has 20 heavy (non-hydrogen) atoms. The third-order valence-corrected chi connectivity index (χ3v) is 3.63. The fourth-order valence-electron chi connectivity index (χ4n) is 2.54. The van der Waals surface area contributed by atoms with Gasteiger partial charge in [-0.2, -0.15) is 0 Å². The Hall–Kier alpha value is -2.22. The number of aromatic nitrogens is 1. The molecule has 2 unspecified atom stereocenters. The van der Waals surface area contributed by atoms with Crippen molar-refractivity contribution in [3.63, 3.8) is 0 Å². The van der Waals surface area contributed by atoms with Crippen molar-refractivity contribution in [2.24, 2.45) is 17.4 Å². The van der Waals surface area contributed by atoms with Crippen molar-refractivity contribution in [2.45, 2.75) is 25.3 Å². The minimum Gasteiger partial charge on any atom is -0.366 e. The number of nitrogens with two attached hydrogens (primary N) is 2. The molecule has 1 fully saturated rings. The summed E-state index contributed by atoms with van der Waals surface area (Å²) in [6.45, 7) is 0.552. The van der Waals surface area contributed by atoms with Gasteiger partial charge in [0.05, 0.1) is 10.5 Å². The standard InChI is InChI=1S/C12H17N5O3/c13-5-7-2-1-3-10(7)16-12-9(11(14)18)4-8(6-15-12)17(19)20/h4,6-7,10H,1-3,5,13H2,(H2,14,18)(H,15,16). The average molecular weight is 279 g/mol. The molecule has 1 aliphatic rings. The van der Waals surface area contributed by atoms with Crippen LogP contribution < -0.4 is 16.8 Å². The molecule has 0 saturated heterocycles. The quantitative estimate of drug-likeness (QED) is 0.534. The third kappa shape index (κ3) is 2.85. The predicted molar refractivity (Wildman–Crippen MR) is 73.2 cm³/mol. The fraction of sp³-hybridized carbons (Fsp3) is 0.500.